The van der Waals surface area contributed by atoms with Crippen molar-refractivity contribution < 1.29 is 10.2 Å². The smallest absolute Gasteiger partial charge is 0.122 e. The lowest BCUT2D eigenvalue weighted by Crippen LogP contribution is -2.27. The van der Waals surface area contributed by atoms with E-state index in [1.54, 1.807) is 6.07 Å². The fraction of sp³-hybridized carbons (Fsp3) is 0.400. The number of rotatable bonds is 0. The highest BCUT2D eigenvalue weighted by atomic mass is 16.3. The average Bonchev–Trinajstić information content (AvgIpc) is 2.06. The highest BCUT2D eigenvalue weighted by Crippen LogP contribution is 2.32. The van der Waals surface area contributed by atoms with Crippen molar-refractivity contribution in [2.75, 3.05) is 0 Å². The number of aromatic hydroxyl groups is 2. The van der Waals surface area contributed by atoms with Crippen LogP contribution in [0, 0.1) is 0 Å². The van der Waals surface area contributed by atoms with Crippen LogP contribution in [0.5, 0.6) is 11.5 Å². The molecule has 1 aromatic carbocycles. The molecule has 0 amide bonds. The molecule has 3 nitrogen and oxygen atoms in total. The van der Waals surface area contributed by atoms with E-state index in [2.05, 4.69) is 0 Å². The zero-order valence-corrected chi connectivity index (χ0v) is 7.33. The standard InChI is InChI=1S/C10H13NO2/c11-7-2-1-6-3-8(12)5-10(13)9(6)4-7/h3,5,7,12-13H,1-2,4,11H2/t7-/m1/s1. The lowest BCUT2D eigenvalue weighted by molar-refractivity contribution is 0.435. The van der Waals surface area contributed by atoms with Gasteiger partial charge in [-0.05, 0) is 36.5 Å². The van der Waals surface area contributed by atoms with E-state index in [4.69, 9.17) is 5.73 Å². The Morgan fingerprint density at radius 3 is 2.85 bits per heavy atom. The Hall–Kier alpha value is -1.22. The molecule has 0 saturated carbocycles. The van der Waals surface area contributed by atoms with Crippen LogP contribution < -0.4 is 5.73 Å². The van der Waals surface area contributed by atoms with E-state index in [9.17, 15) is 10.2 Å². The summed E-state index contributed by atoms with van der Waals surface area (Å²) in [6, 6.07) is 3.22. The third kappa shape index (κ3) is 1.47. The number of phenolic OH excluding ortho intramolecular Hbond substituents is 2. The van der Waals surface area contributed by atoms with Crippen molar-refractivity contribution >= 4 is 0 Å². The Labute approximate surface area is 76.8 Å². The first-order valence-electron chi connectivity index (χ1n) is 4.46. The van der Waals surface area contributed by atoms with Crippen LogP contribution in [0.2, 0.25) is 0 Å². The van der Waals surface area contributed by atoms with Gasteiger partial charge in [0.2, 0.25) is 0 Å². The first kappa shape index (κ1) is 8.38. The van der Waals surface area contributed by atoms with Crippen LogP contribution in [0.25, 0.3) is 0 Å². The molecule has 0 fully saturated rings. The second kappa shape index (κ2) is 2.92. The van der Waals surface area contributed by atoms with E-state index in [0.29, 0.717) is 6.42 Å². The zero-order chi connectivity index (χ0) is 9.42. The van der Waals surface area contributed by atoms with Crippen molar-refractivity contribution in [1.29, 1.82) is 0 Å². The lowest BCUT2D eigenvalue weighted by Gasteiger charge is -2.22. The van der Waals surface area contributed by atoms with E-state index in [1.165, 1.54) is 6.07 Å². The average molecular weight is 179 g/mol. The van der Waals surface area contributed by atoms with Gasteiger partial charge in [-0.2, -0.15) is 0 Å². The third-order valence-corrected chi connectivity index (χ3v) is 2.55. The molecule has 2 rings (SSSR count). The van der Waals surface area contributed by atoms with Gasteiger partial charge in [0, 0.05) is 12.1 Å². The molecule has 4 N–H and O–H groups in total. The number of nitrogens with two attached hydrogens (primary N) is 1. The number of aryl methyl sites for hydroxylation is 1. The first-order valence-corrected chi connectivity index (χ1v) is 4.46. The normalized spacial score (nSPS) is 21.2. The number of phenols is 2. The lowest BCUT2D eigenvalue weighted by atomic mass is 9.88. The minimum Gasteiger partial charge on any atom is -0.508 e. The van der Waals surface area contributed by atoms with Gasteiger partial charge in [-0.3, -0.25) is 0 Å². The van der Waals surface area contributed by atoms with E-state index in [-0.39, 0.29) is 17.5 Å². The summed E-state index contributed by atoms with van der Waals surface area (Å²) in [7, 11) is 0. The second-order valence-electron chi connectivity index (χ2n) is 3.61. The van der Waals surface area contributed by atoms with Crippen molar-refractivity contribution in [3.63, 3.8) is 0 Å². The summed E-state index contributed by atoms with van der Waals surface area (Å²) in [6.07, 6.45) is 2.48. The molecule has 1 aliphatic carbocycles. The molecular formula is C10H13NO2. The summed E-state index contributed by atoms with van der Waals surface area (Å²) < 4.78 is 0. The van der Waals surface area contributed by atoms with E-state index < -0.39 is 0 Å². The fourth-order valence-electron chi connectivity index (χ4n) is 1.86. The molecule has 0 aliphatic heterocycles. The maximum absolute atomic E-state index is 9.54. The number of hydrogen-bond acceptors (Lipinski definition) is 3. The molecule has 0 unspecified atom stereocenters. The van der Waals surface area contributed by atoms with Gasteiger partial charge in [0.15, 0.2) is 0 Å². The minimum atomic E-state index is 0.131. The Morgan fingerprint density at radius 1 is 1.31 bits per heavy atom. The minimum absolute atomic E-state index is 0.131. The molecular weight excluding hydrogens is 166 g/mol. The molecule has 0 saturated heterocycles. The second-order valence-corrected chi connectivity index (χ2v) is 3.61. The van der Waals surface area contributed by atoms with Crippen LogP contribution in [-0.4, -0.2) is 16.3 Å². The van der Waals surface area contributed by atoms with Gasteiger partial charge in [0.25, 0.3) is 0 Å². The third-order valence-electron chi connectivity index (χ3n) is 2.55. The zero-order valence-electron chi connectivity index (χ0n) is 7.33. The van der Waals surface area contributed by atoms with Crippen LogP contribution >= 0.6 is 0 Å². The van der Waals surface area contributed by atoms with E-state index >= 15 is 0 Å². The summed E-state index contributed by atoms with van der Waals surface area (Å²) >= 11 is 0. The molecule has 3 heteroatoms. The highest BCUT2D eigenvalue weighted by molar-refractivity contribution is 5.46. The molecule has 0 radical (unpaired) electrons. The van der Waals surface area contributed by atoms with Crippen LogP contribution in [0.4, 0.5) is 0 Å². The monoisotopic (exact) mass is 179 g/mol. The maximum Gasteiger partial charge on any atom is 0.122 e. The van der Waals surface area contributed by atoms with Crippen molar-refractivity contribution in [2.24, 2.45) is 5.73 Å². The van der Waals surface area contributed by atoms with Gasteiger partial charge in [-0.25, -0.2) is 0 Å². The van der Waals surface area contributed by atoms with Gasteiger partial charge in [-0.1, -0.05) is 0 Å². The molecule has 0 spiro atoms. The molecule has 0 bridgehead atoms. The van der Waals surface area contributed by atoms with Gasteiger partial charge in [0.05, 0.1) is 0 Å². The fourth-order valence-corrected chi connectivity index (χ4v) is 1.86. The van der Waals surface area contributed by atoms with E-state index in [0.717, 1.165) is 24.0 Å². The maximum atomic E-state index is 9.54. The molecule has 1 atom stereocenters. The van der Waals surface area contributed by atoms with Crippen molar-refractivity contribution in [3.05, 3.63) is 23.3 Å². The molecule has 0 heterocycles. The summed E-state index contributed by atoms with van der Waals surface area (Å²) in [5, 5.41) is 18.8. The van der Waals surface area contributed by atoms with Crippen molar-refractivity contribution in [3.8, 4) is 11.5 Å². The summed E-state index contributed by atoms with van der Waals surface area (Å²) in [6.45, 7) is 0. The Bertz CT molecular complexity index is 336. The van der Waals surface area contributed by atoms with Gasteiger partial charge >= 0.3 is 0 Å². The number of benzene rings is 1. The van der Waals surface area contributed by atoms with Gasteiger partial charge in [-0.15, -0.1) is 0 Å². The van der Waals surface area contributed by atoms with Crippen molar-refractivity contribution in [2.45, 2.75) is 25.3 Å². The predicted molar refractivity (Wildman–Crippen MR) is 49.8 cm³/mol. The quantitative estimate of drug-likeness (QED) is 0.554. The first-order chi connectivity index (χ1) is 6.16. The predicted octanol–water partition coefficient (Wildman–Crippen LogP) is 0.914. The van der Waals surface area contributed by atoms with Crippen LogP contribution in [0.1, 0.15) is 17.5 Å². The topological polar surface area (TPSA) is 66.5 Å². The summed E-state index contributed by atoms with van der Waals surface area (Å²) in [5.74, 6) is 0.303. The summed E-state index contributed by atoms with van der Waals surface area (Å²) in [5.41, 5.74) is 7.71. The Kier molecular flexibility index (Phi) is 1.88. The number of fused-ring (bicyclic) bond motifs is 1. The molecule has 13 heavy (non-hydrogen) atoms. The van der Waals surface area contributed by atoms with E-state index in [1.807, 2.05) is 0 Å². The SMILES string of the molecule is N[C@@H]1CCc2cc(O)cc(O)c2C1. The molecule has 1 aromatic rings. The Morgan fingerprint density at radius 2 is 2.08 bits per heavy atom. The number of hydrogen-bond donors (Lipinski definition) is 3. The molecule has 70 valence electrons. The van der Waals surface area contributed by atoms with Crippen LogP contribution in [-0.2, 0) is 12.8 Å². The highest BCUT2D eigenvalue weighted by Gasteiger charge is 2.18. The van der Waals surface area contributed by atoms with Gasteiger partial charge < -0.3 is 15.9 Å². The van der Waals surface area contributed by atoms with Crippen LogP contribution in [0.3, 0.4) is 0 Å². The summed E-state index contributed by atoms with van der Waals surface area (Å²) in [4.78, 5) is 0. The van der Waals surface area contributed by atoms with Crippen molar-refractivity contribution in [1.82, 2.24) is 0 Å². The van der Waals surface area contributed by atoms with Gasteiger partial charge in [0.1, 0.15) is 11.5 Å². The largest absolute Gasteiger partial charge is 0.508 e. The molecule has 0 aromatic heterocycles. The van der Waals surface area contributed by atoms with Crippen LogP contribution in [0.15, 0.2) is 12.1 Å². The molecule has 1 aliphatic rings. The Balaban J connectivity index is 2.47.